The van der Waals surface area contributed by atoms with Gasteiger partial charge in [-0.25, -0.2) is 0 Å². The Bertz CT molecular complexity index is 349. The third-order valence-corrected chi connectivity index (χ3v) is 2.48. The van der Waals surface area contributed by atoms with E-state index >= 15 is 0 Å². The molecular weight excluding hydrogens is 218 g/mol. The standard InChI is InChI=1S/C11H21N5O/c1-3-5-9(12)10-8-16(15-14-10)7-6-11(17)13-4-2/h8-9H,3-7,12H2,1-2H3,(H,13,17). The molecule has 6 nitrogen and oxygen atoms in total. The Kier molecular flexibility index (Phi) is 5.62. The zero-order chi connectivity index (χ0) is 12.7. The highest BCUT2D eigenvalue weighted by molar-refractivity contribution is 5.75. The predicted molar refractivity (Wildman–Crippen MR) is 65.2 cm³/mol. The summed E-state index contributed by atoms with van der Waals surface area (Å²) in [6.45, 7) is 5.18. The van der Waals surface area contributed by atoms with Crippen LogP contribution in [0.2, 0.25) is 0 Å². The van der Waals surface area contributed by atoms with E-state index in [0.717, 1.165) is 18.5 Å². The van der Waals surface area contributed by atoms with Crippen LogP contribution in [0.15, 0.2) is 6.20 Å². The van der Waals surface area contributed by atoms with E-state index in [0.29, 0.717) is 19.5 Å². The molecule has 1 heterocycles. The Hall–Kier alpha value is -1.43. The van der Waals surface area contributed by atoms with Gasteiger partial charge in [0.25, 0.3) is 0 Å². The number of nitrogens with two attached hydrogens (primary N) is 1. The first-order valence-electron chi connectivity index (χ1n) is 6.09. The van der Waals surface area contributed by atoms with Crippen molar-refractivity contribution in [3.63, 3.8) is 0 Å². The largest absolute Gasteiger partial charge is 0.356 e. The third-order valence-electron chi connectivity index (χ3n) is 2.48. The molecule has 1 aromatic heterocycles. The average Bonchev–Trinajstić information content (AvgIpc) is 2.76. The molecule has 0 radical (unpaired) electrons. The number of rotatable bonds is 7. The minimum Gasteiger partial charge on any atom is -0.356 e. The number of carbonyl (C=O) groups excluding carboxylic acids is 1. The number of amides is 1. The van der Waals surface area contributed by atoms with Gasteiger partial charge in [0.05, 0.1) is 24.5 Å². The topological polar surface area (TPSA) is 85.8 Å². The molecule has 0 aliphatic rings. The molecule has 6 heteroatoms. The van der Waals surface area contributed by atoms with Crippen molar-refractivity contribution in [2.24, 2.45) is 5.73 Å². The summed E-state index contributed by atoms with van der Waals surface area (Å²) in [6.07, 6.45) is 4.15. The first-order valence-corrected chi connectivity index (χ1v) is 6.09. The Morgan fingerprint density at radius 3 is 3.00 bits per heavy atom. The molecule has 96 valence electrons. The van der Waals surface area contributed by atoms with E-state index in [-0.39, 0.29) is 11.9 Å². The zero-order valence-electron chi connectivity index (χ0n) is 10.5. The van der Waals surface area contributed by atoms with E-state index in [1.165, 1.54) is 0 Å². The maximum Gasteiger partial charge on any atom is 0.221 e. The molecule has 17 heavy (non-hydrogen) atoms. The van der Waals surface area contributed by atoms with Crippen LogP contribution in [0, 0.1) is 0 Å². The summed E-state index contributed by atoms with van der Waals surface area (Å²) in [7, 11) is 0. The third kappa shape index (κ3) is 4.52. The van der Waals surface area contributed by atoms with Gasteiger partial charge in [-0.05, 0) is 13.3 Å². The molecule has 1 unspecified atom stereocenters. The molecule has 1 aromatic rings. The predicted octanol–water partition coefficient (Wildman–Crippen LogP) is 0.604. The van der Waals surface area contributed by atoms with Crippen molar-refractivity contribution in [2.45, 2.75) is 45.7 Å². The summed E-state index contributed by atoms with van der Waals surface area (Å²) in [6, 6.07) is -0.0572. The monoisotopic (exact) mass is 239 g/mol. The van der Waals surface area contributed by atoms with Crippen molar-refractivity contribution >= 4 is 5.91 Å². The number of aromatic nitrogens is 3. The first-order chi connectivity index (χ1) is 8.17. The zero-order valence-corrected chi connectivity index (χ0v) is 10.5. The number of hydrogen-bond donors (Lipinski definition) is 2. The lowest BCUT2D eigenvalue weighted by Gasteiger charge is -2.04. The van der Waals surface area contributed by atoms with Gasteiger partial charge in [0, 0.05) is 13.0 Å². The maximum absolute atomic E-state index is 11.3. The van der Waals surface area contributed by atoms with Gasteiger partial charge in [-0.2, -0.15) is 0 Å². The molecule has 0 aromatic carbocycles. The second-order valence-electron chi connectivity index (χ2n) is 4.01. The molecule has 0 spiro atoms. The molecule has 1 rings (SSSR count). The van der Waals surface area contributed by atoms with Crippen LogP contribution in [0.5, 0.6) is 0 Å². The van der Waals surface area contributed by atoms with Gasteiger partial charge < -0.3 is 11.1 Å². The Morgan fingerprint density at radius 1 is 1.59 bits per heavy atom. The maximum atomic E-state index is 11.3. The van der Waals surface area contributed by atoms with E-state index in [9.17, 15) is 4.79 Å². The summed E-state index contributed by atoms with van der Waals surface area (Å²) >= 11 is 0. The van der Waals surface area contributed by atoms with Gasteiger partial charge in [-0.1, -0.05) is 18.6 Å². The molecule has 3 N–H and O–H groups in total. The van der Waals surface area contributed by atoms with Gasteiger partial charge >= 0.3 is 0 Å². The minimum absolute atomic E-state index is 0.0300. The van der Waals surface area contributed by atoms with Gasteiger partial charge in [-0.3, -0.25) is 9.48 Å². The second-order valence-corrected chi connectivity index (χ2v) is 4.01. The SMILES string of the molecule is CCCC(N)c1cn(CCC(=O)NCC)nn1. The van der Waals surface area contributed by atoms with Crippen molar-refractivity contribution in [3.8, 4) is 0 Å². The van der Waals surface area contributed by atoms with Gasteiger partial charge in [0.1, 0.15) is 0 Å². The normalized spacial score (nSPS) is 12.4. The smallest absolute Gasteiger partial charge is 0.221 e. The fraction of sp³-hybridized carbons (Fsp3) is 0.727. The van der Waals surface area contributed by atoms with E-state index < -0.39 is 0 Å². The fourth-order valence-electron chi connectivity index (χ4n) is 1.55. The minimum atomic E-state index is -0.0572. The molecule has 0 aliphatic carbocycles. The molecule has 1 amide bonds. The highest BCUT2D eigenvalue weighted by Crippen LogP contribution is 2.11. The van der Waals surface area contributed by atoms with Crippen molar-refractivity contribution in [2.75, 3.05) is 6.54 Å². The van der Waals surface area contributed by atoms with Crippen LogP contribution >= 0.6 is 0 Å². The fourth-order valence-corrected chi connectivity index (χ4v) is 1.55. The Labute approximate surface area is 102 Å². The van der Waals surface area contributed by atoms with Crippen molar-refractivity contribution < 1.29 is 4.79 Å². The van der Waals surface area contributed by atoms with Crippen LogP contribution in [0.3, 0.4) is 0 Å². The summed E-state index contributed by atoms with van der Waals surface area (Å²) in [4.78, 5) is 11.3. The number of hydrogen-bond acceptors (Lipinski definition) is 4. The van der Waals surface area contributed by atoms with E-state index in [4.69, 9.17) is 5.73 Å². The average molecular weight is 239 g/mol. The van der Waals surface area contributed by atoms with Crippen molar-refractivity contribution in [1.82, 2.24) is 20.3 Å². The number of nitrogens with one attached hydrogen (secondary N) is 1. The number of aryl methyl sites for hydroxylation is 1. The van der Waals surface area contributed by atoms with Gasteiger partial charge in [0.2, 0.25) is 5.91 Å². The summed E-state index contributed by atoms with van der Waals surface area (Å²) in [5.41, 5.74) is 6.72. The van der Waals surface area contributed by atoms with E-state index in [2.05, 4.69) is 22.6 Å². The molecule has 0 aliphatic heterocycles. The second kappa shape index (κ2) is 7.01. The van der Waals surface area contributed by atoms with Gasteiger partial charge in [-0.15, -0.1) is 5.10 Å². The van der Waals surface area contributed by atoms with Crippen LogP contribution in [0.4, 0.5) is 0 Å². The molecule has 0 saturated carbocycles. The highest BCUT2D eigenvalue weighted by atomic mass is 16.1. The van der Waals surface area contributed by atoms with Crippen LogP contribution < -0.4 is 11.1 Å². The lowest BCUT2D eigenvalue weighted by molar-refractivity contribution is -0.121. The molecule has 0 saturated heterocycles. The lowest BCUT2D eigenvalue weighted by atomic mass is 10.1. The lowest BCUT2D eigenvalue weighted by Crippen LogP contribution is -2.23. The molecular formula is C11H21N5O. The number of carbonyl (C=O) groups is 1. The molecule has 0 bridgehead atoms. The van der Waals surface area contributed by atoms with Crippen LogP contribution in [0.25, 0.3) is 0 Å². The summed E-state index contributed by atoms with van der Waals surface area (Å²) in [5, 5.41) is 10.7. The Morgan fingerprint density at radius 2 is 2.35 bits per heavy atom. The van der Waals surface area contributed by atoms with Crippen LogP contribution in [-0.4, -0.2) is 27.4 Å². The molecule has 0 fully saturated rings. The summed E-state index contributed by atoms with van der Waals surface area (Å²) in [5.74, 6) is 0.0300. The van der Waals surface area contributed by atoms with Crippen molar-refractivity contribution in [1.29, 1.82) is 0 Å². The van der Waals surface area contributed by atoms with Crippen molar-refractivity contribution in [3.05, 3.63) is 11.9 Å². The van der Waals surface area contributed by atoms with Gasteiger partial charge in [0.15, 0.2) is 0 Å². The number of nitrogens with zero attached hydrogens (tertiary/aromatic N) is 3. The molecule has 1 atom stereocenters. The van der Waals surface area contributed by atoms with E-state index in [1.54, 1.807) is 4.68 Å². The van der Waals surface area contributed by atoms with Crippen LogP contribution in [0.1, 0.15) is 44.8 Å². The van der Waals surface area contributed by atoms with Crippen LogP contribution in [-0.2, 0) is 11.3 Å². The summed E-state index contributed by atoms with van der Waals surface area (Å²) < 4.78 is 1.67. The van der Waals surface area contributed by atoms with E-state index in [1.807, 2.05) is 13.1 Å². The Balaban J connectivity index is 2.43. The first kappa shape index (κ1) is 13.6. The quantitative estimate of drug-likeness (QED) is 0.729. The highest BCUT2D eigenvalue weighted by Gasteiger charge is 2.10.